The van der Waals surface area contributed by atoms with Gasteiger partial charge in [0.15, 0.2) is 11.6 Å². The summed E-state index contributed by atoms with van der Waals surface area (Å²) in [7, 11) is 0. The van der Waals surface area contributed by atoms with E-state index in [1.807, 2.05) is 25.1 Å². The number of hydrogen-bond donors (Lipinski definition) is 1. The first-order valence-electron chi connectivity index (χ1n) is 6.77. The lowest BCUT2D eigenvalue weighted by atomic mass is 10.0. The molecule has 1 heterocycles. The molecule has 4 heteroatoms. The molecule has 0 aliphatic heterocycles. The fourth-order valence-corrected chi connectivity index (χ4v) is 2.25. The molecule has 0 radical (unpaired) electrons. The van der Waals surface area contributed by atoms with Crippen molar-refractivity contribution in [3.63, 3.8) is 0 Å². The van der Waals surface area contributed by atoms with E-state index in [2.05, 4.69) is 10.3 Å². The Morgan fingerprint density at radius 3 is 2.65 bits per heavy atom. The number of nitrogens with one attached hydrogen (secondary N) is 1. The van der Waals surface area contributed by atoms with Crippen LogP contribution in [-0.4, -0.2) is 17.6 Å². The second kappa shape index (κ2) is 7.10. The van der Waals surface area contributed by atoms with Crippen LogP contribution in [0.1, 0.15) is 18.2 Å². The van der Waals surface area contributed by atoms with Crippen LogP contribution in [0.3, 0.4) is 0 Å². The molecule has 1 aromatic heterocycles. The highest BCUT2D eigenvalue weighted by atomic mass is 19.2. The summed E-state index contributed by atoms with van der Waals surface area (Å²) in [6, 6.07) is 10.1. The van der Waals surface area contributed by atoms with Crippen LogP contribution in [0, 0.1) is 11.6 Å². The van der Waals surface area contributed by atoms with E-state index in [4.69, 9.17) is 0 Å². The SMILES string of the molecule is CCNC(Cc1ccccn1)Cc1cccc(F)c1F. The Morgan fingerprint density at radius 1 is 1.10 bits per heavy atom. The Balaban J connectivity index is 2.11. The smallest absolute Gasteiger partial charge is 0.162 e. The second-order valence-corrected chi connectivity index (χ2v) is 4.70. The van der Waals surface area contributed by atoms with Gasteiger partial charge in [-0.2, -0.15) is 0 Å². The van der Waals surface area contributed by atoms with E-state index in [-0.39, 0.29) is 6.04 Å². The minimum absolute atomic E-state index is 0.0335. The van der Waals surface area contributed by atoms with Gasteiger partial charge in [0.2, 0.25) is 0 Å². The molecule has 0 spiro atoms. The number of hydrogen-bond acceptors (Lipinski definition) is 2. The van der Waals surface area contributed by atoms with Crippen LogP contribution in [0.25, 0.3) is 0 Å². The third-order valence-corrected chi connectivity index (χ3v) is 3.17. The summed E-state index contributed by atoms with van der Waals surface area (Å²) in [5, 5.41) is 3.30. The first kappa shape index (κ1) is 14.6. The number of likely N-dealkylation sites (N-methyl/N-ethyl adjacent to an activating group) is 1. The summed E-state index contributed by atoms with van der Waals surface area (Å²) in [5.74, 6) is -1.55. The number of pyridine rings is 1. The van der Waals surface area contributed by atoms with Crippen molar-refractivity contribution in [2.45, 2.75) is 25.8 Å². The average Bonchev–Trinajstić information content (AvgIpc) is 2.45. The van der Waals surface area contributed by atoms with Crippen LogP contribution >= 0.6 is 0 Å². The van der Waals surface area contributed by atoms with Gasteiger partial charge in [0.05, 0.1) is 0 Å². The maximum atomic E-state index is 13.7. The molecule has 0 saturated heterocycles. The molecule has 0 fully saturated rings. The normalized spacial score (nSPS) is 12.3. The molecule has 1 aromatic carbocycles. The molecule has 106 valence electrons. The van der Waals surface area contributed by atoms with E-state index >= 15 is 0 Å². The molecular weight excluding hydrogens is 258 g/mol. The first-order valence-corrected chi connectivity index (χ1v) is 6.77. The third-order valence-electron chi connectivity index (χ3n) is 3.17. The molecule has 0 bridgehead atoms. The first-order chi connectivity index (χ1) is 9.70. The third kappa shape index (κ3) is 3.84. The van der Waals surface area contributed by atoms with Crippen molar-refractivity contribution in [1.29, 1.82) is 0 Å². The van der Waals surface area contributed by atoms with Gasteiger partial charge in [-0.1, -0.05) is 25.1 Å². The Hall–Kier alpha value is -1.81. The number of nitrogens with zero attached hydrogens (tertiary/aromatic N) is 1. The van der Waals surface area contributed by atoms with Crippen molar-refractivity contribution in [3.05, 3.63) is 65.5 Å². The Morgan fingerprint density at radius 2 is 1.95 bits per heavy atom. The van der Waals surface area contributed by atoms with Gasteiger partial charge >= 0.3 is 0 Å². The maximum Gasteiger partial charge on any atom is 0.162 e. The number of rotatable bonds is 6. The van der Waals surface area contributed by atoms with Crippen LogP contribution < -0.4 is 5.32 Å². The fraction of sp³-hybridized carbons (Fsp3) is 0.312. The van der Waals surface area contributed by atoms with E-state index < -0.39 is 11.6 Å². The molecule has 0 aliphatic carbocycles. The van der Waals surface area contributed by atoms with E-state index in [0.29, 0.717) is 18.4 Å². The predicted molar refractivity (Wildman–Crippen MR) is 75.5 cm³/mol. The van der Waals surface area contributed by atoms with Crippen molar-refractivity contribution < 1.29 is 8.78 Å². The second-order valence-electron chi connectivity index (χ2n) is 4.70. The van der Waals surface area contributed by atoms with Crippen molar-refractivity contribution in [3.8, 4) is 0 Å². The van der Waals surface area contributed by atoms with Gasteiger partial charge < -0.3 is 5.32 Å². The van der Waals surface area contributed by atoms with Crippen LogP contribution in [0.4, 0.5) is 8.78 Å². The zero-order valence-electron chi connectivity index (χ0n) is 11.4. The minimum atomic E-state index is -0.796. The predicted octanol–water partition coefficient (Wildman–Crippen LogP) is 3.12. The standard InChI is InChI=1S/C16H18F2N2/c1-2-19-14(11-13-7-3-4-9-20-13)10-12-6-5-8-15(17)16(12)18/h3-9,14,19H,2,10-11H2,1H3. The van der Waals surface area contributed by atoms with Crippen molar-refractivity contribution in [1.82, 2.24) is 10.3 Å². The molecule has 1 unspecified atom stereocenters. The molecule has 2 nitrogen and oxygen atoms in total. The summed E-state index contributed by atoms with van der Waals surface area (Å²) in [4.78, 5) is 4.27. The summed E-state index contributed by atoms with van der Waals surface area (Å²) >= 11 is 0. The molecular formula is C16H18F2N2. The van der Waals surface area contributed by atoms with Crippen LogP contribution in [0.2, 0.25) is 0 Å². The van der Waals surface area contributed by atoms with Crippen molar-refractivity contribution in [2.24, 2.45) is 0 Å². The van der Waals surface area contributed by atoms with Crippen LogP contribution in [0.15, 0.2) is 42.6 Å². The van der Waals surface area contributed by atoms with Gasteiger partial charge in [-0.25, -0.2) is 8.78 Å². The maximum absolute atomic E-state index is 13.7. The highest BCUT2D eigenvalue weighted by molar-refractivity contribution is 5.20. The molecule has 1 N–H and O–H groups in total. The van der Waals surface area contributed by atoms with Gasteiger partial charge in [-0.15, -0.1) is 0 Å². The van der Waals surface area contributed by atoms with Gasteiger partial charge in [-0.3, -0.25) is 4.98 Å². The highest BCUT2D eigenvalue weighted by Gasteiger charge is 2.14. The fourth-order valence-electron chi connectivity index (χ4n) is 2.25. The van der Waals surface area contributed by atoms with E-state index in [1.165, 1.54) is 6.07 Å². The Labute approximate surface area is 117 Å². The molecule has 1 atom stereocenters. The summed E-state index contributed by atoms with van der Waals surface area (Å²) in [6.45, 7) is 2.77. The summed E-state index contributed by atoms with van der Waals surface area (Å²) < 4.78 is 27.0. The summed E-state index contributed by atoms with van der Waals surface area (Å²) in [6.07, 6.45) is 2.86. The zero-order chi connectivity index (χ0) is 14.4. The minimum Gasteiger partial charge on any atom is -0.314 e. The quantitative estimate of drug-likeness (QED) is 0.877. The lowest BCUT2D eigenvalue weighted by Crippen LogP contribution is -2.33. The van der Waals surface area contributed by atoms with Gasteiger partial charge in [-0.05, 0) is 36.7 Å². The largest absolute Gasteiger partial charge is 0.314 e. The molecule has 0 amide bonds. The summed E-state index contributed by atoms with van der Waals surface area (Å²) in [5.41, 5.74) is 1.34. The van der Waals surface area contributed by atoms with E-state index in [1.54, 1.807) is 12.3 Å². The molecule has 0 saturated carbocycles. The molecule has 0 aliphatic rings. The Bertz CT molecular complexity index is 543. The highest BCUT2D eigenvalue weighted by Crippen LogP contribution is 2.14. The molecule has 2 aromatic rings. The lowest BCUT2D eigenvalue weighted by molar-refractivity contribution is 0.472. The lowest BCUT2D eigenvalue weighted by Gasteiger charge is -2.18. The average molecular weight is 276 g/mol. The topological polar surface area (TPSA) is 24.9 Å². The number of halogens is 2. The van der Waals surface area contributed by atoms with Gasteiger partial charge in [0.1, 0.15) is 0 Å². The van der Waals surface area contributed by atoms with Crippen molar-refractivity contribution >= 4 is 0 Å². The molecule has 20 heavy (non-hydrogen) atoms. The number of benzene rings is 1. The monoisotopic (exact) mass is 276 g/mol. The van der Waals surface area contributed by atoms with Crippen LogP contribution in [-0.2, 0) is 12.8 Å². The van der Waals surface area contributed by atoms with E-state index in [9.17, 15) is 8.78 Å². The molecule has 2 rings (SSSR count). The van der Waals surface area contributed by atoms with Crippen molar-refractivity contribution in [2.75, 3.05) is 6.54 Å². The zero-order valence-corrected chi connectivity index (χ0v) is 11.4. The number of aromatic nitrogens is 1. The van der Waals surface area contributed by atoms with E-state index in [0.717, 1.165) is 18.3 Å². The Kier molecular flexibility index (Phi) is 5.18. The van der Waals surface area contributed by atoms with Gasteiger partial charge in [0, 0.05) is 24.4 Å². The van der Waals surface area contributed by atoms with Gasteiger partial charge in [0.25, 0.3) is 0 Å². The van der Waals surface area contributed by atoms with Crippen LogP contribution in [0.5, 0.6) is 0 Å².